The van der Waals surface area contributed by atoms with E-state index in [9.17, 15) is 4.79 Å². The van der Waals surface area contributed by atoms with Gasteiger partial charge in [-0.05, 0) is 12.8 Å². The maximum atomic E-state index is 12.3. The van der Waals surface area contributed by atoms with Crippen molar-refractivity contribution < 1.29 is 9.90 Å². The van der Waals surface area contributed by atoms with E-state index in [-0.39, 0.29) is 24.2 Å². The first-order chi connectivity index (χ1) is 8.72. The number of anilines is 1. The van der Waals surface area contributed by atoms with Crippen LogP contribution < -0.4 is 5.73 Å². The maximum Gasteiger partial charge on any atom is 0.274 e. The summed E-state index contributed by atoms with van der Waals surface area (Å²) >= 11 is 0. The Morgan fingerprint density at radius 2 is 2.11 bits per heavy atom. The van der Waals surface area contributed by atoms with Crippen molar-refractivity contribution in [3.05, 3.63) is 18.1 Å². The number of nitrogens with two attached hydrogens (primary N) is 1. The minimum atomic E-state index is -0.177. The van der Waals surface area contributed by atoms with Crippen molar-refractivity contribution in [3.63, 3.8) is 0 Å². The lowest BCUT2D eigenvalue weighted by atomic mass is 10.2. The first kappa shape index (κ1) is 12.8. The van der Waals surface area contributed by atoms with E-state index in [0.29, 0.717) is 12.4 Å². The first-order valence-corrected chi connectivity index (χ1v) is 6.21. The Labute approximate surface area is 106 Å². The van der Waals surface area contributed by atoms with Crippen molar-refractivity contribution in [1.29, 1.82) is 0 Å². The molecule has 1 saturated carbocycles. The summed E-state index contributed by atoms with van der Waals surface area (Å²) in [6.45, 7) is 0.306. The van der Waals surface area contributed by atoms with E-state index in [0.717, 1.165) is 25.7 Å². The van der Waals surface area contributed by atoms with E-state index in [4.69, 9.17) is 10.8 Å². The van der Waals surface area contributed by atoms with Crippen LogP contribution in [0.1, 0.15) is 36.2 Å². The third-order valence-electron chi connectivity index (χ3n) is 3.26. The number of nitrogen functional groups attached to an aromatic ring is 1. The number of aliphatic hydroxyl groups excluding tert-OH is 1. The second kappa shape index (κ2) is 5.77. The topological polar surface area (TPSA) is 92.3 Å². The predicted octanol–water partition coefficient (Wildman–Crippen LogP) is 0.436. The molecule has 1 aromatic heterocycles. The van der Waals surface area contributed by atoms with Gasteiger partial charge < -0.3 is 15.7 Å². The maximum absolute atomic E-state index is 12.3. The Bertz CT molecular complexity index is 401. The van der Waals surface area contributed by atoms with Gasteiger partial charge in [0.2, 0.25) is 0 Å². The first-order valence-electron chi connectivity index (χ1n) is 6.21. The molecule has 1 aromatic rings. The van der Waals surface area contributed by atoms with Crippen LogP contribution in [0.25, 0.3) is 0 Å². The number of hydrogen-bond acceptors (Lipinski definition) is 5. The molecule has 98 valence electrons. The summed E-state index contributed by atoms with van der Waals surface area (Å²) in [6, 6.07) is 0.212. The summed E-state index contributed by atoms with van der Waals surface area (Å²) in [5, 5.41) is 9.09. The van der Waals surface area contributed by atoms with Gasteiger partial charge in [-0.1, -0.05) is 12.8 Å². The molecule has 6 nitrogen and oxygen atoms in total. The number of carbonyl (C=O) groups excluding carboxylic acids is 1. The van der Waals surface area contributed by atoms with Gasteiger partial charge in [-0.3, -0.25) is 4.79 Å². The minimum Gasteiger partial charge on any atom is -0.395 e. The highest BCUT2D eigenvalue weighted by atomic mass is 16.3. The average molecular weight is 250 g/mol. The lowest BCUT2D eigenvalue weighted by Crippen LogP contribution is -2.41. The van der Waals surface area contributed by atoms with Crippen molar-refractivity contribution in [2.45, 2.75) is 31.7 Å². The van der Waals surface area contributed by atoms with Gasteiger partial charge in [0.1, 0.15) is 11.5 Å². The van der Waals surface area contributed by atoms with Gasteiger partial charge in [0.05, 0.1) is 19.0 Å². The van der Waals surface area contributed by atoms with E-state index < -0.39 is 0 Å². The summed E-state index contributed by atoms with van der Waals surface area (Å²) < 4.78 is 0. The van der Waals surface area contributed by atoms with E-state index in [1.807, 2.05) is 0 Å². The van der Waals surface area contributed by atoms with Crippen LogP contribution >= 0.6 is 0 Å². The van der Waals surface area contributed by atoms with Crippen LogP contribution in [0.15, 0.2) is 12.4 Å². The number of rotatable bonds is 4. The number of nitrogens with zero attached hydrogens (tertiary/aromatic N) is 3. The Hall–Kier alpha value is -1.69. The number of aromatic nitrogens is 2. The average Bonchev–Trinajstić information content (AvgIpc) is 2.90. The molecular formula is C12H18N4O2. The fourth-order valence-electron chi connectivity index (χ4n) is 2.37. The van der Waals surface area contributed by atoms with E-state index >= 15 is 0 Å². The largest absolute Gasteiger partial charge is 0.395 e. The Kier molecular flexibility index (Phi) is 4.09. The van der Waals surface area contributed by atoms with Gasteiger partial charge >= 0.3 is 0 Å². The molecule has 0 aliphatic heterocycles. The highest BCUT2D eigenvalue weighted by Crippen LogP contribution is 2.24. The molecule has 0 spiro atoms. The van der Waals surface area contributed by atoms with Crippen LogP contribution in [0.3, 0.4) is 0 Å². The minimum absolute atomic E-state index is 0.0371. The van der Waals surface area contributed by atoms with Crippen molar-refractivity contribution >= 4 is 11.7 Å². The SMILES string of the molecule is Nc1cnc(C(=O)N(CCO)C2CCCC2)cn1. The molecule has 1 amide bonds. The highest BCUT2D eigenvalue weighted by Gasteiger charge is 2.27. The molecule has 1 fully saturated rings. The normalized spacial score (nSPS) is 15.8. The Balaban J connectivity index is 2.14. The van der Waals surface area contributed by atoms with Gasteiger partial charge in [-0.2, -0.15) is 0 Å². The molecule has 0 radical (unpaired) electrons. The Morgan fingerprint density at radius 1 is 1.39 bits per heavy atom. The fraction of sp³-hybridized carbons (Fsp3) is 0.583. The van der Waals surface area contributed by atoms with Crippen LogP contribution in [0.4, 0.5) is 5.82 Å². The zero-order chi connectivity index (χ0) is 13.0. The van der Waals surface area contributed by atoms with Crippen molar-refractivity contribution in [2.24, 2.45) is 0 Å². The van der Waals surface area contributed by atoms with Crippen molar-refractivity contribution in [1.82, 2.24) is 14.9 Å². The van der Waals surface area contributed by atoms with Crippen LogP contribution in [-0.4, -0.2) is 45.1 Å². The lowest BCUT2D eigenvalue weighted by molar-refractivity contribution is 0.0631. The van der Waals surface area contributed by atoms with Gasteiger partial charge in [0.25, 0.3) is 5.91 Å². The molecule has 3 N–H and O–H groups in total. The highest BCUT2D eigenvalue weighted by molar-refractivity contribution is 5.92. The quantitative estimate of drug-likeness (QED) is 0.808. The Morgan fingerprint density at radius 3 is 2.67 bits per heavy atom. The second-order valence-electron chi connectivity index (χ2n) is 4.49. The predicted molar refractivity (Wildman–Crippen MR) is 66.8 cm³/mol. The summed E-state index contributed by atoms with van der Waals surface area (Å²) in [5.74, 6) is 0.115. The molecule has 18 heavy (non-hydrogen) atoms. The number of hydrogen-bond donors (Lipinski definition) is 2. The number of aliphatic hydroxyl groups is 1. The third-order valence-corrected chi connectivity index (χ3v) is 3.26. The summed E-state index contributed by atoms with van der Waals surface area (Å²) in [6.07, 6.45) is 7.01. The lowest BCUT2D eigenvalue weighted by Gasteiger charge is -2.27. The fourth-order valence-corrected chi connectivity index (χ4v) is 2.37. The van der Waals surface area contributed by atoms with Gasteiger partial charge in [-0.15, -0.1) is 0 Å². The second-order valence-corrected chi connectivity index (χ2v) is 4.49. The summed E-state index contributed by atoms with van der Waals surface area (Å²) in [7, 11) is 0. The molecule has 6 heteroatoms. The number of carbonyl (C=O) groups is 1. The number of amides is 1. The summed E-state index contributed by atoms with van der Waals surface area (Å²) in [5.41, 5.74) is 5.73. The zero-order valence-corrected chi connectivity index (χ0v) is 10.2. The monoisotopic (exact) mass is 250 g/mol. The van der Waals surface area contributed by atoms with Crippen LogP contribution in [0, 0.1) is 0 Å². The van der Waals surface area contributed by atoms with Crippen molar-refractivity contribution in [3.8, 4) is 0 Å². The zero-order valence-electron chi connectivity index (χ0n) is 10.2. The van der Waals surface area contributed by atoms with E-state index in [2.05, 4.69) is 9.97 Å². The van der Waals surface area contributed by atoms with Crippen LogP contribution in [0.5, 0.6) is 0 Å². The van der Waals surface area contributed by atoms with E-state index in [1.54, 1.807) is 4.90 Å². The molecule has 1 aliphatic carbocycles. The molecule has 0 unspecified atom stereocenters. The third kappa shape index (κ3) is 2.76. The molecule has 0 atom stereocenters. The molecule has 1 heterocycles. The molecular weight excluding hydrogens is 232 g/mol. The van der Waals surface area contributed by atoms with Crippen molar-refractivity contribution in [2.75, 3.05) is 18.9 Å². The van der Waals surface area contributed by atoms with Crippen LogP contribution in [0.2, 0.25) is 0 Å². The van der Waals surface area contributed by atoms with Gasteiger partial charge in [0.15, 0.2) is 0 Å². The molecule has 0 aromatic carbocycles. The van der Waals surface area contributed by atoms with Crippen LogP contribution in [-0.2, 0) is 0 Å². The molecule has 2 rings (SSSR count). The standard InChI is InChI=1S/C12H18N4O2/c13-11-8-14-10(7-15-11)12(18)16(5-6-17)9-3-1-2-4-9/h7-9,17H,1-6H2,(H2,13,15). The van der Waals surface area contributed by atoms with E-state index in [1.165, 1.54) is 12.4 Å². The molecule has 0 bridgehead atoms. The molecule has 0 saturated heterocycles. The van der Waals surface area contributed by atoms with Gasteiger partial charge in [0, 0.05) is 12.6 Å². The molecule has 1 aliphatic rings. The summed E-state index contributed by atoms with van der Waals surface area (Å²) in [4.78, 5) is 21.9. The smallest absolute Gasteiger partial charge is 0.274 e. The van der Waals surface area contributed by atoms with Gasteiger partial charge in [-0.25, -0.2) is 9.97 Å².